The summed E-state index contributed by atoms with van der Waals surface area (Å²) in [5, 5.41) is 21.5. The second kappa shape index (κ2) is 10.5. The minimum absolute atomic E-state index is 0.0335. The molecule has 0 radical (unpaired) electrons. The molecule has 0 aromatic heterocycles. The molecule has 1 saturated carbocycles. The standard InChI is InChI=1S/C28H36Br2N2O2/c1-27(2,3)19-11-17(25(33)21(13-19)28(4,5)6)15-31-23-9-7-8-10-24(23)32-16-18-12-20(29)14-22(30)26(18)34/h11-16,23-24,33-34H,7-10H2,1-6H3. The van der Waals surface area contributed by atoms with E-state index in [4.69, 9.17) is 9.98 Å². The molecule has 2 N–H and O–H groups in total. The zero-order valence-corrected chi connectivity index (χ0v) is 24.2. The topological polar surface area (TPSA) is 65.2 Å². The van der Waals surface area contributed by atoms with Crippen molar-refractivity contribution in [2.24, 2.45) is 9.98 Å². The van der Waals surface area contributed by atoms with E-state index in [0.29, 0.717) is 15.8 Å². The first-order valence-electron chi connectivity index (χ1n) is 11.9. The Balaban J connectivity index is 1.93. The molecule has 0 amide bonds. The molecule has 34 heavy (non-hydrogen) atoms. The van der Waals surface area contributed by atoms with E-state index in [1.54, 1.807) is 6.21 Å². The van der Waals surface area contributed by atoms with E-state index in [1.165, 1.54) is 5.56 Å². The van der Waals surface area contributed by atoms with E-state index >= 15 is 0 Å². The van der Waals surface area contributed by atoms with Gasteiger partial charge in [0.25, 0.3) is 0 Å². The van der Waals surface area contributed by atoms with Crippen LogP contribution in [0.5, 0.6) is 11.5 Å². The third-order valence-electron chi connectivity index (χ3n) is 6.38. The number of halogens is 2. The fraction of sp³-hybridized carbons (Fsp3) is 0.500. The van der Waals surface area contributed by atoms with Crippen LogP contribution in [0.2, 0.25) is 0 Å². The summed E-state index contributed by atoms with van der Waals surface area (Å²) in [5.74, 6) is 0.491. The number of phenols is 2. The zero-order valence-electron chi connectivity index (χ0n) is 21.0. The largest absolute Gasteiger partial charge is 0.507 e. The SMILES string of the molecule is CC(C)(C)c1cc(C=NC2CCCCC2N=Cc2cc(Br)cc(Br)c2O)c(O)c(C(C)(C)C)c1. The minimum atomic E-state index is -0.175. The van der Waals surface area contributed by atoms with E-state index in [-0.39, 0.29) is 28.7 Å². The molecule has 2 atom stereocenters. The van der Waals surface area contributed by atoms with Crippen molar-refractivity contribution in [1.29, 1.82) is 0 Å². The van der Waals surface area contributed by atoms with Crippen molar-refractivity contribution in [1.82, 2.24) is 0 Å². The lowest BCUT2D eigenvalue weighted by atomic mass is 9.79. The van der Waals surface area contributed by atoms with Crippen molar-refractivity contribution in [3.05, 3.63) is 55.5 Å². The molecule has 0 spiro atoms. The van der Waals surface area contributed by atoms with Crippen LogP contribution in [0.1, 0.15) is 89.5 Å². The predicted molar refractivity (Wildman–Crippen MR) is 150 cm³/mol. The van der Waals surface area contributed by atoms with E-state index < -0.39 is 0 Å². The molecule has 0 aliphatic heterocycles. The first-order chi connectivity index (χ1) is 15.8. The van der Waals surface area contributed by atoms with Gasteiger partial charge in [0.1, 0.15) is 11.5 Å². The molecule has 2 aromatic carbocycles. The monoisotopic (exact) mass is 590 g/mol. The summed E-state index contributed by atoms with van der Waals surface area (Å²) < 4.78 is 1.51. The molecule has 0 bridgehead atoms. The number of rotatable bonds is 4. The fourth-order valence-electron chi connectivity index (χ4n) is 4.24. The number of phenolic OH excluding ortho intramolecular Hbond substituents is 2. The minimum Gasteiger partial charge on any atom is -0.507 e. The number of hydrogen-bond acceptors (Lipinski definition) is 4. The highest BCUT2D eigenvalue weighted by Crippen LogP contribution is 2.37. The Labute approximate surface area is 220 Å². The van der Waals surface area contributed by atoms with Crippen LogP contribution in [-0.2, 0) is 10.8 Å². The van der Waals surface area contributed by atoms with Gasteiger partial charge in [0.05, 0.1) is 16.6 Å². The van der Waals surface area contributed by atoms with Gasteiger partial charge in [-0.3, -0.25) is 9.98 Å². The number of hydrogen-bond donors (Lipinski definition) is 2. The highest BCUT2D eigenvalue weighted by molar-refractivity contribution is 9.11. The van der Waals surface area contributed by atoms with Crippen LogP contribution in [0.4, 0.5) is 0 Å². The Hall–Kier alpha value is -1.66. The fourth-order valence-corrected chi connectivity index (χ4v) is 5.49. The molecule has 1 aliphatic rings. The zero-order chi connectivity index (χ0) is 25.3. The van der Waals surface area contributed by atoms with E-state index in [2.05, 4.69) is 85.5 Å². The summed E-state index contributed by atoms with van der Waals surface area (Å²) in [6.45, 7) is 12.9. The van der Waals surface area contributed by atoms with Gasteiger partial charge in [0.15, 0.2) is 0 Å². The Bertz CT molecular complexity index is 1100. The molecule has 4 nitrogen and oxygen atoms in total. The molecule has 6 heteroatoms. The molecule has 2 aromatic rings. The number of aromatic hydroxyl groups is 2. The van der Waals surface area contributed by atoms with Crippen LogP contribution in [-0.4, -0.2) is 34.7 Å². The second-order valence-corrected chi connectivity index (χ2v) is 13.0. The Kier molecular flexibility index (Phi) is 8.34. The summed E-state index contributed by atoms with van der Waals surface area (Å²) in [6, 6.07) is 7.93. The van der Waals surface area contributed by atoms with Crippen LogP contribution in [0.3, 0.4) is 0 Å². The second-order valence-electron chi connectivity index (χ2n) is 11.3. The van der Waals surface area contributed by atoms with E-state index in [1.807, 2.05) is 18.3 Å². The highest BCUT2D eigenvalue weighted by Gasteiger charge is 2.26. The maximum atomic E-state index is 11.1. The van der Waals surface area contributed by atoms with Crippen molar-refractivity contribution < 1.29 is 10.2 Å². The molecule has 0 saturated heterocycles. The molecule has 1 fully saturated rings. The lowest BCUT2D eigenvalue weighted by Crippen LogP contribution is -2.27. The molecule has 1 aliphatic carbocycles. The predicted octanol–water partition coefficient (Wildman–Crippen LogP) is 8.07. The lowest BCUT2D eigenvalue weighted by Gasteiger charge is -2.27. The maximum Gasteiger partial charge on any atom is 0.138 e. The molecular formula is C28H36Br2N2O2. The molecular weight excluding hydrogens is 556 g/mol. The van der Waals surface area contributed by atoms with Gasteiger partial charge in [-0.05, 0) is 63.4 Å². The van der Waals surface area contributed by atoms with Crippen LogP contribution >= 0.6 is 31.9 Å². The van der Waals surface area contributed by atoms with Gasteiger partial charge >= 0.3 is 0 Å². The van der Waals surface area contributed by atoms with E-state index in [9.17, 15) is 10.2 Å². The average Bonchev–Trinajstić information content (AvgIpc) is 2.73. The third kappa shape index (κ3) is 6.51. The van der Waals surface area contributed by atoms with Crippen LogP contribution in [0.15, 0.2) is 43.2 Å². The molecule has 2 unspecified atom stereocenters. The summed E-state index contributed by atoms with van der Waals surface area (Å²) in [6.07, 6.45) is 7.72. The third-order valence-corrected chi connectivity index (χ3v) is 7.44. The number of aliphatic imine (C=N–C) groups is 2. The molecule has 0 heterocycles. The van der Waals surface area contributed by atoms with Crippen molar-refractivity contribution >= 4 is 44.3 Å². The van der Waals surface area contributed by atoms with Crippen molar-refractivity contribution in [2.75, 3.05) is 0 Å². The Morgan fingerprint density at radius 2 is 1.29 bits per heavy atom. The maximum absolute atomic E-state index is 11.1. The van der Waals surface area contributed by atoms with E-state index in [0.717, 1.165) is 41.3 Å². The highest BCUT2D eigenvalue weighted by atomic mass is 79.9. The normalized spacial score (nSPS) is 19.9. The van der Waals surface area contributed by atoms with Gasteiger partial charge in [0.2, 0.25) is 0 Å². The Morgan fingerprint density at radius 3 is 1.79 bits per heavy atom. The van der Waals surface area contributed by atoms with Crippen LogP contribution in [0.25, 0.3) is 0 Å². The lowest BCUT2D eigenvalue weighted by molar-refractivity contribution is 0.390. The quantitative estimate of drug-likeness (QED) is 0.353. The van der Waals surface area contributed by atoms with Crippen molar-refractivity contribution in [3.8, 4) is 11.5 Å². The first-order valence-corrected chi connectivity index (χ1v) is 13.5. The van der Waals surface area contributed by atoms with Crippen LogP contribution < -0.4 is 0 Å². The Morgan fingerprint density at radius 1 is 0.765 bits per heavy atom. The molecule has 184 valence electrons. The van der Waals surface area contributed by atoms with Gasteiger partial charge in [-0.25, -0.2) is 0 Å². The van der Waals surface area contributed by atoms with Gasteiger partial charge in [-0.15, -0.1) is 0 Å². The molecule has 3 rings (SSSR count). The van der Waals surface area contributed by atoms with Crippen LogP contribution in [0, 0.1) is 0 Å². The summed E-state index contributed by atoms with van der Waals surface area (Å²) in [4.78, 5) is 9.76. The van der Waals surface area contributed by atoms with Gasteiger partial charge in [0, 0.05) is 33.6 Å². The van der Waals surface area contributed by atoms with Crippen molar-refractivity contribution in [2.45, 2.75) is 90.1 Å². The first kappa shape index (κ1) is 26.9. The summed E-state index contributed by atoms with van der Waals surface area (Å²) in [5.41, 5.74) is 3.35. The smallest absolute Gasteiger partial charge is 0.138 e. The van der Waals surface area contributed by atoms with Gasteiger partial charge < -0.3 is 10.2 Å². The van der Waals surface area contributed by atoms with Gasteiger partial charge in [-0.2, -0.15) is 0 Å². The average molecular weight is 592 g/mol. The van der Waals surface area contributed by atoms with Gasteiger partial charge in [-0.1, -0.05) is 76.4 Å². The summed E-state index contributed by atoms with van der Waals surface area (Å²) in [7, 11) is 0. The number of benzene rings is 2. The van der Waals surface area contributed by atoms with Crippen molar-refractivity contribution in [3.63, 3.8) is 0 Å². The number of nitrogens with zero attached hydrogens (tertiary/aromatic N) is 2. The summed E-state index contributed by atoms with van der Waals surface area (Å²) >= 11 is 6.85.